The van der Waals surface area contributed by atoms with Crippen molar-refractivity contribution in [3.8, 4) is 5.75 Å². The Morgan fingerprint density at radius 2 is 1.70 bits per heavy atom. The van der Waals surface area contributed by atoms with E-state index in [1.807, 2.05) is 0 Å². The molecular weight excluding hydrogens is 385 g/mol. The van der Waals surface area contributed by atoms with E-state index in [2.05, 4.69) is 10.1 Å². The predicted octanol–water partition coefficient (Wildman–Crippen LogP) is 3.62. The third-order valence-corrected chi connectivity index (χ3v) is 4.97. The maximum atomic E-state index is 12.3. The van der Waals surface area contributed by atoms with Crippen LogP contribution in [0, 0.1) is 11.8 Å². The Labute approximate surface area is 162 Å². The molecule has 2 aliphatic heterocycles. The normalized spacial score (nSPS) is 22.4. The van der Waals surface area contributed by atoms with Gasteiger partial charge in [0.15, 0.2) is 6.61 Å². The van der Waals surface area contributed by atoms with Crippen molar-refractivity contribution in [2.45, 2.75) is 25.6 Å². The molecule has 1 N–H and O–H groups in total. The summed E-state index contributed by atoms with van der Waals surface area (Å²) in [5.74, 6) is 1.40. The molecule has 0 aliphatic carbocycles. The van der Waals surface area contributed by atoms with Crippen LogP contribution in [0.2, 0.25) is 0 Å². The van der Waals surface area contributed by atoms with Gasteiger partial charge in [-0.05, 0) is 55.5 Å². The van der Waals surface area contributed by atoms with Gasteiger partial charge in [-0.2, -0.15) is 13.2 Å². The van der Waals surface area contributed by atoms with Gasteiger partial charge in [0.25, 0.3) is 0 Å². The van der Waals surface area contributed by atoms with Crippen molar-refractivity contribution in [2.24, 2.45) is 11.8 Å². The molecule has 152 valence electrons. The Morgan fingerprint density at radius 1 is 1.11 bits per heavy atom. The molecule has 1 aromatic carbocycles. The number of amides is 1. The number of fused-ring (bicyclic) bond motifs is 1. The zero-order chi connectivity index (χ0) is 18.6. The number of ether oxygens (including phenoxy) is 2. The average molecular weight is 409 g/mol. The summed E-state index contributed by atoms with van der Waals surface area (Å²) >= 11 is 0. The molecule has 27 heavy (non-hydrogen) atoms. The minimum Gasteiger partial charge on any atom is -0.484 e. The summed E-state index contributed by atoms with van der Waals surface area (Å²) < 4.78 is 46.4. The number of nitrogens with one attached hydrogen (secondary N) is 1. The van der Waals surface area contributed by atoms with Gasteiger partial charge in [-0.25, -0.2) is 4.79 Å². The predicted molar refractivity (Wildman–Crippen MR) is 96.1 cm³/mol. The second kappa shape index (κ2) is 9.50. The standard InChI is InChI=1S/C18H23F3N2O3.ClH/c19-18(20,21)12-26-16-3-1-13(2-4-16)11-25-17(24)23-7-5-14-9-22-10-15(14)6-8-23;/h1-4,14-15,22H,5-12H2;1H/t14-,15+;. The molecule has 9 heteroatoms. The lowest BCUT2D eigenvalue weighted by Gasteiger charge is -2.20. The van der Waals surface area contributed by atoms with Crippen LogP contribution in [0.15, 0.2) is 24.3 Å². The molecule has 5 nitrogen and oxygen atoms in total. The number of likely N-dealkylation sites (tertiary alicyclic amines) is 1. The maximum Gasteiger partial charge on any atom is 0.422 e. The molecule has 1 amide bonds. The van der Waals surface area contributed by atoms with Crippen molar-refractivity contribution in [2.75, 3.05) is 32.8 Å². The molecule has 3 rings (SSSR count). The highest BCUT2D eigenvalue weighted by Crippen LogP contribution is 2.27. The Morgan fingerprint density at radius 3 is 2.26 bits per heavy atom. The van der Waals surface area contributed by atoms with Crippen molar-refractivity contribution in [3.63, 3.8) is 0 Å². The van der Waals surface area contributed by atoms with Crippen molar-refractivity contribution in [1.29, 1.82) is 0 Å². The van der Waals surface area contributed by atoms with Crippen molar-refractivity contribution < 1.29 is 27.4 Å². The number of nitrogens with zero attached hydrogens (tertiary/aromatic N) is 1. The molecule has 0 saturated carbocycles. The van der Waals surface area contributed by atoms with Crippen LogP contribution >= 0.6 is 12.4 Å². The van der Waals surface area contributed by atoms with Gasteiger partial charge in [0.1, 0.15) is 12.4 Å². The topological polar surface area (TPSA) is 50.8 Å². The van der Waals surface area contributed by atoms with Crippen LogP contribution in [0.25, 0.3) is 0 Å². The Kier molecular flexibility index (Phi) is 7.61. The third kappa shape index (κ3) is 6.46. The number of hydrogen-bond acceptors (Lipinski definition) is 4. The van der Waals surface area contributed by atoms with Crippen LogP contribution in [0.4, 0.5) is 18.0 Å². The van der Waals surface area contributed by atoms with E-state index >= 15 is 0 Å². The van der Waals surface area contributed by atoms with E-state index < -0.39 is 12.8 Å². The van der Waals surface area contributed by atoms with Gasteiger partial charge in [-0.15, -0.1) is 12.4 Å². The molecule has 2 aliphatic rings. The Hall–Kier alpha value is -1.67. The van der Waals surface area contributed by atoms with Gasteiger partial charge >= 0.3 is 12.3 Å². The fourth-order valence-electron chi connectivity index (χ4n) is 3.48. The molecule has 2 atom stereocenters. The van der Waals surface area contributed by atoms with Crippen molar-refractivity contribution in [3.05, 3.63) is 29.8 Å². The molecule has 1 aromatic rings. The second-order valence-corrected chi connectivity index (χ2v) is 6.85. The van der Waals surface area contributed by atoms with Crippen molar-refractivity contribution in [1.82, 2.24) is 10.2 Å². The van der Waals surface area contributed by atoms with Gasteiger partial charge in [0.05, 0.1) is 0 Å². The highest BCUT2D eigenvalue weighted by atomic mass is 35.5. The summed E-state index contributed by atoms with van der Waals surface area (Å²) in [7, 11) is 0. The first kappa shape index (κ1) is 21.6. The molecule has 2 saturated heterocycles. The Balaban J connectivity index is 0.00000261. The van der Waals surface area contributed by atoms with Crippen LogP contribution in [0.5, 0.6) is 5.75 Å². The first-order valence-electron chi connectivity index (χ1n) is 8.81. The van der Waals surface area contributed by atoms with E-state index in [0.717, 1.165) is 25.9 Å². The van der Waals surface area contributed by atoms with E-state index in [4.69, 9.17) is 4.74 Å². The quantitative estimate of drug-likeness (QED) is 0.826. The molecule has 0 spiro atoms. The van der Waals surface area contributed by atoms with E-state index in [1.165, 1.54) is 12.1 Å². The fraction of sp³-hybridized carbons (Fsp3) is 0.611. The van der Waals surface area contributed by atoms with Crippen LogP contribution < -0.4 is 10.1 Å². The molecule has 0 unspecified atom stereocenters. The molecule has 0 radical (unpaired) electrons. The van der Waals surface area contributed by atoms with Crippen molar-refractivity contribution >= 4 is 18.5 Å². The van der Waals surface area contributed by atoms with E-state index in [9.17, 15) is 18.0 Å². The summed E-state index contributed by atoms with van der Waals surface area (Å²) in [4.78, 5) is 14.0. The number of carbonyl (C=O) groups is 1. The molecule has 0 aromatic heterocycles. The van der Waals surface area contributed by atoms with Crippen LogP contribution in [0.3, 0.4) is 0 Å². The highest BCUT2D eigenvalue weighted by molar-refractivity contribution is 5.85. The van der Waals surface area contributed by atoms with Gasteiger partial charge in [-0.3, -0.25) is 0 Å². The number of hydrogen-bond donors (Lipinski definition) is 1. The second-order valence-electron chi connectivity index (χ2n) is 6.85. The van der Waals surface area contributed by atoms with Crippen LogP contribution in [-0.2, 0) is 11.3 Å². The lowest BCUT2D eigenvalue weighted by atomic mass is 9.92. The Bertz CT molecular complexity index is 599. The minimum absolute atomic E-state index is 0. The number of rotatable bonds is 4. The molecular formula is C18H24ClF3N2O3. The maximum absolute atomic E-state index is 12.3. The lowest BCUT2D eigenvalue weighted by Crippen LogP contribution is -2.33. The van der Waals surface area contributed by atoms with Gasteiger partial charge in [-0.1, -0.05) is 12.1 Å². The number of halogens is 4. The minimum atomic E-state index is -4.37. The number of carbonyl (C=O) groups excluding carboxylic acids is 1. The summed E-state index contributed by atoms with van der Waals surface area (Å²) in [6, 6.07) is 6.07. The largest absolute Gasteiger partial charge is 0.484 e. The summed E-state index contributed by atoms with van der Waals surface area (Å²) in [6.07, 6.45) is -2.73. The van der Waals surface area contributed by atoms with Gasteiger partial charge in [0, 0.05) is 13.1 Å². The average Bonchev–Trinajstić information content (AvgIpc) is 2.96. The smallest absolute Gasteiger partial charge is 0.422 e. The van der Waals surface area contributed by atoms with Gasteiger partial charge in [0.2, 0.25) is 0 Å². The van der Waals surface area contributed by atoms with Crippen LogP contribution in [0.1, 0.15) is 18.4 Å². The molecule has 0 bridgehead atoms. The number of alkyl halides is 3. The highest BCUT2D eigenvalue weighted by Gasteiger charge is 2.32. The first-order valence-corrected chi connectivity index (χ1v) is 8.81. The third-order valence-electron chi connectivity index (χ3n) is 4.97. The fourth-order valence-corrected chi connectivity index (χ4v) is 3.48. The molecule has 2 heterocycles. The zero-order valence-electron chi connectivity index (χ0n) is 14.8. The van der Waals surface area contributed by atoms with E-state index in [1.54, 1.807) is 17.0 Å². The van der Waals surface area contributed by atoms with Crippen LogP contribution in [-0.4, -0.2) is 50.0 Å². The van der Waals surface area contributed by atoms with Gasteiger partial charge < -0.3 is 19.7 Å². The number of benzene rings is 1. The summed E-state index contributed by atoms with van der Waals surface area (Å²) in [5, 5.41) is 3.40. The zero-order valence-corrected chi connectivity index (χ0v) is 15.7. The summed E-state index contributed by atoms with van der Waals surface area (Å²) in [6.45, 7) is 2.21. The van der Waals surface area contributed by atoms with E-state index in [-0.39, 0.29) is 30.9 Å². The first-order chi connectivity index (χ1) is 12.4. The monoisotopic (exact) mass is 408 g/mol. The lowest BCUT2D eigenvalue weighted by molar-refractivity contribution is -0.153. The van der Waals surface area contributed by atoms with E-state index in [0.29, 0.717) is 30.5 Å². The molecule has 2 fully saturated rings. The SMILES string of the molecule is Cl.O=C(OCc1ccc(OCC(F)(F)F)cc1)N1CC[C@@H]2CNC[C@@H]2CC1. The summed E-state index contributed by atoms with van der Waals surface area (Å²) in [5.41, 5.74) is 0.702.